The second kappa shape index (κ2) is 10.2. The predicted molar refractivity (Wildman–Crippen MR) is 131 cm³/mol. The van der Waals surface area contributed by atoms with E-state index in [0.29, 0.717) is 24.3 Å². The molecule has 2 N–H and O–H groups in total. The SMILES string of the molecule is CC(NC(=O)c1ccccc1NC(=O)c1cccc(S(=O)(=O)N2CCCC2)c1)c1ccccc1. The molecule has 0 radical (unpaired) electrons. The van der Waals surface area contributed by atoms with E-state index in [1.807, 2.05) is 37.3 Å². The van der Waals surface area contributed by atoms with E-state index in [1.54, 1.807) is 36.4 Å². The Morgan fingerprint density at radius 3 is 2.26 bits per heavy atom. The van der Waals surface area contributed by atoms with Gasteiger partial charge >= 0.3 is 0 Å². The van der Waals surface area contributed by atoms with Crippen molar-refractivity contribution in [2.24, 2.45) is 0 Å². The van der Waals surface area contributed by atoms with Crippen LogP contribution in [-0.2, 0) is 10.0 Å². The van der Waals surface area contributed by atoms with Crippen LogP contribution in [0.2, 0.25) is 0 Å². The molecule has 1 atom stereocenters. The molecule has 1 saturated heterocycles. The van der Waals surface area contributed by atoms with Crippen LogP contribution in [0.5, 0.6) is 0 Å². The number of nitrogens with one attached hydrogen (secondary N) is 2. The van der Waals surface area contributed by atoms with Gasteiger partial charge in [-0.3, -0.25) is 9.59 Å². The third-order valence-electron chi connectivity index (χ3n) is 5.87. The average Bonchev–Trinajstić information content (AvgIpc) is 3.41. The first-order valence-corrected chi connectivity index (χ1v) is 12.7. The minimum atomic E-state index is -3.64. The van der Waals surface area contributed by atoms with Gasteiger partial charge in [0.25, 0.3) is 11.8 Å². The highest BCUT2D eigenvalue weighted by Gasteiger charge is 2.27. The van der Waals surface area contributed by atoms with Gasteiger partial charge in [-0.1, -0.05) is 48.5 Å². The Bertz CT molecular complexity index is 1290. The molecule has 1 aliphatic heterocycles. The Balaban J connectivity index is 1.52. The zero-order valence-corrected chi connectivity index (χ0v) is 19.7. The van der Waals surface area contributed by atoms with Crippen molar-refractivity contribution >= 4 is 27.5 Å². The largest absolute Gasteiger partial charge is 0.345 e. The fourth-order valence-electron chi connectivity index (χ4n) is 3.96. The van der Waals surface area contributed by atoms with E-state index in [-0.39, 0.29) is 22.4 Å². The minimum Gasteiger partial charge on any atom is -0.345 e. The second-order valence-corrected chi connectivity index (χ2v) is 10.2. The van der Waals surface area contributed by atoms with Crippen molar-refractivity contribution in [3.8, 4) is 0 Å². The van der Waals surface area contributed by atoms with Crippen LogP contribution in [0.25, 0.3) is 0 Å². The maximum Gasteiger partial charge on any atom is 0.255 e. The van der Waals surface area contributed by atoms with Crippen molar-refractivity contribution in [1.82, 2.24) is 9.62 Å². The Labute approximate surface area is 199 Å². The van der Waals surface area contributed by atoms with Crippen LogP contribution in [0.1, 0.15) is 52.1 Å². The third kappa shape index (κ3) is 5.18. The summed E-state index contributed by atoms with van der Waals surface area (Å²) in [5.74, 6) is -0.813. The van der Waals surface area contributed by atoms with Crippen molar-refractivity contribution in [1.29, 1.82) is 0 Å². The smallest absolute Gasteiger partial charge is 0.255 e. The molecule has 1 aliphatic rings. The molecule has 1 heterocycles. The zero-order valence-electron chi connectivity index (χ0n) is 18.9. The molecule has 3 aromatic carbocycles. The van der Waals surface area contributed by atoms with Crippen molar-refractivity contribution in [2.75, 3.05) is 18.4 Å². The number of para-hydroxylation sites is 1. The quantitative estimate of drug-likeness (QED) is 0.533. The van der Waals surface area contributed by atoms with E-state index >= 15 is 0 Å². The Kier molecular flexibility index (Phi) is 7.09. The van der Waals surface area contributed by atoms with Gasteiger partial charge in [0.05, 0.1) is 22.2 Å². The van der Waals surface area contributed by atoms with Crippen LogP contribution in [0.3, 0.4) is 0 Å². The van der Waals surface area contributed by atoms with Gasteiger partial charge in [0, 0.05) is 18.7 Å². The number of benzene rings is 3. The number of carbonyl (C=O) groups excluding carboxylic acids is 2. The predicted octanol–water partition coefficient (Wildman–Crippen LogP) is 4.21. The summed E-state index contributed by atoms with van der Waals surface area (Å²) in [6.45, 7) is 2.87. The van der Waals surface area contributed by atoms with E-state index in [4.69, 9.17) is 0 Å². The molecule has 0 saturated carbocycles. The second-order valence-electron chi connectivity index (χ2n) is 8.24. The molecule has 0 bridgehead atoms. The van der Waals surface area contributed by atoms with Gasteiger partial charge in [-0.25, -0.2) is 8.42 Å². The fraction of sp³-hybridized carbons (Fsp3) is 0.231. The molecular formula is C26H27N3O4S. The van der Waals surface area contributed by atoms with E-state index in [9.17, 15) is 18.0 Å². The molecule has 3 aromatic rings. The molecule has 2 amide bonds. The summed E-state index contributed by atoms with van der Waals surface area (Å²) in [5.41, 5.74) is 1.83. The van der Waals surface area contributed by atoms with Crippen LogP contribution < -0.4 is 10.6 Å². The molecule has 0 spiro atoms. The number of amides is 2. The summed E-state index contributed by atoms with van der Waals surface area (Å²) >= 11 is 0. The molecule has 1 unspecified atom stereocenters. The van der Waals surface area contributed by atoms with E-state index in [1.165, 1.54) is 16.4 Å². The summed E-state index contributed by atoms with van der Waals surface area (Å²) in [6, 6.07) is 22.1. The number of hydrogen-bond donors (Lipinski definition) is 2. The van der Waals surface area contributed by atoms with Crippen molar-refractivity contribution in [2.45, 2.75) is 30.7 Å². The summed E-state index contributed by atoms with van der Waals surface area (Å²) in [5, 5.41) is 5.71. The lowest BCUT2D eigenvalue weighted by Crippen LogP contribution is -2.28. The lowest BCUT2D eigenvalue weighted by Gasteiger charge is -2.17. The van der Waals surface area contributed by atoms with Crippen LogP contribution >= 0.6 is 0 Å². The van der Waals surface area contributed by atoms with Crippen molar-refractivity contribution in [3.63, 3.8) is 0 Å². The maximum absolute atomic E-state index is 13.0. The summed E-state index contributed by atoms with van der Waals surface area (Å²) < 4.78 is 27.2. The van der Waals surface area contributed by atoms with Gasteiger partial charge < -0.3 is 10.6 Å². The number of sulfonamides is 1. The zero-order chi connectivity index (χ0) is 24.1. The van der Waals surface area contributed by atoms with Crippen molar-refractivity contribution in [3.05, 3.63) is 95.6 Å². The summed E-state index contributed by atoms with van der Waals surface area (Å²) in [7, 11) is -3.64. The summed E-state index contributed by atoms with van der Waals surface area (Å²) in [4.78, 5) is 26.0. The van der Waals surface area contributed by atoms with Gasteiger partial charge in [0.2, 0.25) is 10.0 Å². The molecule has 176 valence electrons. The first-order valence-electron chi connectivity index (χ1n) is 11.2. The molecule has 4 rings (SSSR count). The number of anilines is 1. The highest BCUT2D eigenvalue weighted by atomic mass is 32.2. The van der Waals surface area contributed by atoms with Crippen molar-refractivity contribution < 1.29 is 18.0 Å². The first-order chi connectivity index (χ1) is 16.4. The lowest BCUT2D eigenvalue weighted by atomic mass is 10.1. The number of carbonyl (C=O) groups is 2. The summed E-state index contributed by atoms with van der Waals surface area (Å²) in [6.07, 6.45) is 1.67. The van der Waals surface area contributed by atoms with Crippen LogP contribution in [0.4, 0.5) is 5.69 Å². The number of nitrogens with zero attached hydrogens (tertiary/aromatic N) is 1. The van der Waals surface area contributed by atoms with Gasteiger partial charge in [-0.15, -0.1) is 0 Å². The molecule has 7 nitrogen and oxygen atoms in total. The van der Waals surface area contributed by atoms with Gasteiger partial charge in [0.1, 0.15) is 0 Å². The maximum atomic E-state index is 13.0. The average molecular weight is 478 g/mol. The molecular weight excluding hydrogens is 450 g/mol. The standard InChI is InChI=1S/C26H27N3O4S/c1-19(20-10-3-2-4-11-20)27-26(31)23-14-5-6-15-24(23)28-25(30)21-12-9-13-22(18-21)34(32,33)29-16-7-8-17-29/h2-6,9-15,18-19H,7-8,16-17H2,1H3,(H,27,31)(H,28,30). The molecule has 34 heavy (non-hydrogen) atoms. The van der Waals surface area contributed by atoms with Gasteiger partial charge in [0.15, 0.2) is 0 Å². The highest BCUT2D eigenvalue weighted by Crippen LogP contribution is 2.23. The van der Waals surface area contributed by atoms with E-state index in [0.717, 1.165) is 18.4 Å². The topological polar surface area (TPSA) is 95.6 Å². The first kappa shape index (κ1) is 23.7. The normalized spacial score (nSPS) is 15.0. The molecule has 8 heteroatoms. The lowest BCUT2D eigenvalue weighted by molar-refractivity contribution is 0.0940. The Morgan fingerprint density at radius 1 is 0.853 bits per heavy atom. The monoisotopic (exact) mass is 477 g/mol. The fourth-order valence-corrected chi connectivity index (χ4v) is 5.52. The van der Waals surface area contributed by atoms with Crippen LogP contribution in [0.15, 0.2) is 83.8 Å². The van der Waals surface area contributed by atoms with E-state index in [2.05, 4.69) is 10.6 Å². The number of rotatable bonds is 7. The minimum absolute atomic E-state index is 0.0877. The Hall–Kier alpha value is -3.49. The van der Waals surface area contributed by atoms with Crippen LogP contribution in [-0.4, -0.2) is 37.6 Å². The Morgan fingerprint density at radius 2 is 1.53 bits per heavy atom. The van der Waals surface area contributed by atoms with Gasteiger partial charge in [-0.05, 0) is 55.7 Å². The highest BCUT2D eigenvalue weighted by molar-refractivity contribution is 7.89. The van der Waals surface area contributed by atoms with Crippen LogP contribution in [0, 0.1) is 0 Å². The molecule has 0 aliphatic carbocycles. The molecule has 1 fully saturated rings. The van der Waals surface area contributed by atoms with E-state index < -0.39 is 15.9 Å². The third-order valence-corrected chi connectivity index (χ3v) is 7.76. The molecule has 0 aromatic heterocycles. The van der Waals surface area contributed by atoms with Gasteiger partial charge in [-0.2, -0.15) is 4.31 Å². The number of hydrogen-bond acceptors (Lipinski definition) is 4.